The molecule has 1 aromatic rings. The van der Waals surface area contributed by atoms with Gasteiger partial charge < -0.3 is 9.47 Å². The van der Waals surface area contributed by atoms with Crippen molar-refractivity contribution in [2.45, 2.75) is 33.5 Å². The second-order valence-corrected chi connectivity index (χ2v) is 5.58. The first-order chi connectivity index (χ1) is 8.05. The Morgan fingerprint density at radius 3 is 2.41 bits per heavy atom. The number of rotatable bonds is 2. The molecule has 1 atom stereocenters. The van der Waals surface area contributed by atoms with Gasteiger partial charge in [0.25, 0.3) is 0 Å². The zero-order valence-electron chi connectivity index (χ0n) is 10.8. The van der Waals surface area contributed by atoms with Gasteiger partial charge in [0.2, 0.25) is 6.29 Å². The van der Waals surface area contributed by atoms with E-state index in [0.29, 0.717) is 6.61 Å². The third-order valence-corrected chi connectivity index (χ3v) is 2.76. The summed E-state index contributed by atoms with van der Waals surface area (Å²) < 4.78 is 11.4. The molecule has 17 heavy (non-hydrogen) atoms. The summed E-state index contributed by atoms with van der Waals surface area (Å²) in [6, 6.07) is 10.4. The van der Waals surface area contributed by atoms with Crippen LogP contribution in [0.1, 0.15) is 26.3 Å². The predicted octanol–water partition coefficient (Wildman–Crippen LogP) is 3.53. The summed E-state index contributed by atoms with van der Waals surface area (Å²) in [6.45, 7) is 7.02. The second kappa shape index (κ2) is 4.92. The molecular weight excluding hydrogens is 212 g/mol. The molecule has 0 N–H and O–H groups in total. The Balaban J connectivity index is 1.96. The zero-order chi connectivity index (χ0) is 12.3. The van der Waals surface area contributed by atoms with Crippen LogP contribution in [0.5, 0.6) is 0 Å². The highest BCUT2D eigenvalue weighted by Gasteiger charge is 2.29. The van der Waals surface area contributed by atoms with Crippen LogP contribution >= 0.6 is 0 Å². The van der Waals surface area contributed by atoms with Crippen LogP contribution in [0, 0.1) is 5.41 Å². The largest absolute Gasteiger partial charge is 0.472 e. The van der Waals surface area contributed by atoms with Gasteiger partial charge in [0.05, 0.1) is 12.9 Å². The Morgan fingerprint density at radius 1 is 1.18 bits per heavy atom. The molecule has 0 saturated heterocycles. The molecule has 0 aromatic heterocycles. The minimum atomic E-state index is -0.137. The van der Waals surface area contributed by atoms with Crippen LogP contribution in [0.15, 0.2) is 42.2 Å². The fraction of sp³-hybridized carbons (Fsp3) is 0.467. The van der Waals surface area contributed by atoms with E-state index in [0.717, 1.165) is 6.42 Å². The lowest BCUT2D eigenvalue weighted by atomic mass is 9.95. The average Bonchev–Trinajstić information content (AvgIpc) is 2.30. The Hall–Kier alpha value is -1.28. The molecule has 2 heteroatoms. The molecule has 0 bridgehead atoms. The van der Waals surface area contributed by atoms with Crippen molar-refractivity contribution < 1.29 is 9.47 Å². The van der Waals surface area contributed by atoms with Gasteiger partial charge in [-0.3, -0.25) is 0 Å². The van der Waals surface area contributed by atoms with Crippen LogP contribution in [-0.4, -0.2) is 12.9 Å². The van der Waals surface area contributed by atoms with Crippen molar-refractivity contribution in [3.63, 3.8) is 0 Å². The maximum Gasteiger partial charge on any atom is 0.204 e. The average molecular weight is 232 g/mol. The third kappa shape index (κ3) is 3.34. The second-order valence-electron chi connectivity index (χ2n) is 5.58. The number of ether oxygens (including phenoxy) is 2. The molecule has 1 unspecified atom stereocenters. The predicted molar refractivity (Wildman–Crippen MR) is 68.5 cm³/mol. The third-order valence-electron chi connectivity index (χ3n) is 2.76. The van der Waals surface area contributed by atoms with E-state index < -0.39 is 0 Å². The Kier molecular flexibility index (Phi) is 3.53. The highest BCUT2D eigenvalue weighted by Crippen LogP contribution is 2.27. The molecule has 1 aliphatic heterocycles. The van der Waals surface area contributed by atoms with Crippen molar-refractivity contribution in [2.24, 2.45) is 5.41 Å². The van der Waals surface area contributed by atoms with Crippen molar-refractivity contribution in [3.05, 3.63) is 47.7 Å². The van der Waals surface area contributed by atoms with Crippen LogP contribution in [0.2, 0.25) is 0 Å². The van der Waals surface area contributed by atoms with E-state index in [9.17, 15) is 0 Å². The van der Waals surface area contributed by atoms with Crippen molar-refractivity contribution in [3.8, 4) is 0 Å². The molecule has 2 nitrogen and oxygen atoms in total. The molecule has 0 saturated carbocycles. The molecule has 1 heterocycles. The van der Waals surface area contributed by atoms with E-state index in [1.165, 1.54) is 11.1 Å². The van der Waals surface area contributed by atoms with Gasteiger partial charge in [0, 0.05) is 5.41 Å². The molecule has 0 radical (unpaired) electrons. The molecule has 1 aliphatic rings. The van der Waals surface area contributed by atoms with E-state index >= 15 is 0 Å². The topological polar surface area (TPSA) is 18.5 Å². The Bertz CT molecular complexity index is 387. The van der Waals surface area contributed by atoms with E-state index in [-0.39, 0.29) is 11.7 Å². The quantitative estimate of drug-likeness (QED) is 0.776. The van der Waals surface area contributed by atoms with Crippen molar-refractivity contribution >= 4 is 0 Å². The van der Waals surface area contributed by atoms with Crippen LogP contribution in [0.4, 0.5) is 0 Å². The van der Waals surface area contributed by atoms with E-state index in [4.69, 9.17) is 9.47 Å². The van der Waals surface area contributed by atoms with E-state index in [1.807, 2.05) is 12.3 Å². The summed E-state index contributed by atoms with van der Waals surface area (Å²) >= 11 is 0. The fourth-order valence-corrected chi connectivity index (χ4v) is 1.82. The van der Waals surface area contributed by atoms with Gasteiger partial charge in [0.1, 0.15) is 0 Å². The van der Waals surface area contributed by atoms with Crippen molar-refractivity contribution in [1.82, 2.24) is 0 Å². The summed E-state index contributed by atoms with van der Waals surface area (Å²) in [6.07, 6.45) is 2.63. The van der Waals surface area contributed by atoms with Crippen LogP contribution in [0.3, 0.4) is 0 Å². The zero-order valence-corrected chi connectivity index (χ0v) is 10.8. The highest BCUT2D eigenvalue weighted by molar-refractivity contribution is 5.21. The van der Waals surface area contributed by atoms with Gasteiger partial charge in [0.15, 0.2) is 0 Å². The Labute approximate surface area is 103 Å². The summed E-state index contributed by atoms with van der Waals surface area (Å²) in [5.41, 5.74) is 2.51. The molecule has 0 spiro atoms. The fourth-order valence-electron chi connectivity index (χ4n) is 1.82. The lowest BCUT2D eigenvalue weighted by Gasteiger charge is -2.33. The van der Waals surface area contributed by atoms with E-state index in [2.05, 4.69) is 45.0 Å². The van der Waals surface area contributed by atoms with Crippen LogP contribution in [0.25, 0.3) is 0 Å². The molecule has 0 fully saturated rings. The maximum atomic E-state index is 5.74. The van der Waals surface area contributed by atoms with Gasteiger partial charge in [-0.1, -0.05) is 51.1 Å². The van der Waals surface area contributed by atoms with Gasteiger partial charge in [-0.15, -0.1) is 0 Å². The first kappa shape index (κ1) is 12.2. The standard InChI is InChI=1S/C15H20O2/c1-15(2,3)14-16-10-13(11-17-14)9-12-7-5-4-6-8-12/h4-8,10,14H,9,11H2,1-3H3. The normalized spacial score (nSPS) is 20.6. The minimum Gasteiger partial charge on any atom is -0.472 e. The van der Waals surface area contributed by atoms with Gasteiger partial charge in [-0.25, -0.2) is 0 Å². The maximum absolute atomic E-state index is 5.74. The van der Waals surface area contributed by atoms with Gasteiger partial charge in [-0.05, 0) is 17.6 Å². The molecular formula is C15H20O2. The number of benzene rings is 1. The minimum absolute atomic E-state index is 0.0226. The Morgan fingerprint density at radius 2 is 1.88 bits per heavy atom. The van der Waals surface area contributed by atoms with Gasteiger partial charge in [-0.2, -0.15) is 0 Å². The first-order valence-corrected chi connectivity index (χ1v) is 6.04. The van der Waals surface area contributed by atoms with Crippen molar-refractivity contribution in [2.75, 3.05) is 6.61 Å². The first-order valence-electron chi connectivity index (χ1n) is 6.04. The smallest absolute Gasteiger partial charge is 0.204 e. The van der Waals surface area contributed by atoms with Crippen molar-refractivity contribution in [1.29, 1.82) is 0 Å². The summed E-state index contributed by atoms with van der Waals surface area (Å²) in [7, 11) is 0. The number of hydrogen-bond donors (Lipinski definition) is 0. The molecule has 1 aromatic carbocycles. The van der Waals surface area contributed by atoms with Crippen LogP contribution < -0.4 is 0 Å². The number of hydrogen-bond acceptors (Lipinski definition) is 2. The summed E-state index contributed by atoms with van der Waals surface area (Å²) in [5.74, 6) is 0. The van der Waals surface area contributed by atoms with E-state index in [1.54, 1.807) is 0 Å². The molecule has 0 amide bonds. The lowest BCUT2D eigenvalue weighted by Crippen LogP contribution is -2.34. The summed E-state index contributed by atoms with van der Waals surface area (Å²) in [4.78, 5) is 0. The molecule has 2 rings (SSSR count). The van der Waals surface area contributed by atoms with Gasteiger partial charge >= 0.3 is 0 Å². The van der Waals surface area contributed by atoms with Crippen LogP contribution in [-0.2, 0) is 15.9 Å². The SMILES string of the molecule is CC(C)(C)C1OC=C(Cc2ccccc2)CO1. The monoisotopic (exact) mass is 232 g/mol. The summed E-state index contributed by atoms with van der Waals surface area (Å²) in [5, 5.41) is 0. The molecule has 92 valence electrons. The molecule has 0 aliphatic carbocycles. The highest BCUT2D eigenvalue weighted by atomic mass is 16.7. The lowest BCUT2D eigenvalue weighted by molar-refractivity contribution is -0.171.